The van der Waals surface area contributed by atoms with Crippen molar-refractivity contribution in [2.75, 3.05) is 32.0 Å². The molecule has 3 N–H and O–H groups in total. The molecule has 1 heterocycles. The van der Waals surface area contributed by atoms with E-state index in [-0.39, 0.29) is 24.5 Å². The van der Waals surface area contributed by atoms with Crippen LogP contribution < -0.4 is 11.1 Å². The summed E-state index contributed by atoms with van der Waals surface area (Å²) >= 11 is 0. The van der Waals surface area contributed by atoms with E-state index in [1.54, 1.807) is 16.8 Å². The van der Waals surface area contributed by atoms with Crippen LogP contribution in [0.1, 0.15) is 24.9 Å². The molecule has 1 aliphatic rings. The van der Waals surface area contributed by atoms with Gasteiger partial charge in [-0.2, -0.15) is 0 Å². The zero-order valence-electron chi connectivity index (χ0n) is 12.5. The summed E-state index contributed by atoms with van der Waals surface area (Å²) in [6.07, 6.45) is 0.791. The molecule has 0 bridgehead atoms. The standard InChI is InChI=1S/C15H22N4O2/c1-11(16)12-4-6-13(7-5-12)17-15(21)19-9-3-8-18(2)14(20)10-19/h4-7,11H,3,8-10,16H2,1-2H3,(H,17,21). The fourth-order valence-electron chi connectivity index (χ4n) is 2.23. The summed E-state index contributed by atoms with van der Waals surface area (Å²) in [4.78, 5) is 27.2. The van der Waals surface area contributed by atoms with Gasteiger partial charge in [0.05, 0.1) is 0 Å². The molecule has 1 aromatic rings. The zero-order valence-corrected chi connectivity index (χ0v) is 12.5. The van der Waals surface area contributed by atoms with Gasteiger partial charge in [0.2, 0.25) is 5.91 Å². The largest absolute Gasteiger partial charge is 0.344 e. The van der Waals surface area contributed by atoms with E-state index >= 15 is 0 Å². The lowest BCUT2D eigenvalue weighted by molar-refractivity contribution is -0.129. The van der Waals surface area contributed by atoms with Crippen molar-refractivity contribution in [3.8, 4) is 0 Å². The van der Waals surface area contributed by atoms with Gasteiger partial charge in [-0.15, -0.1) is 0 Å². The van der Waals surface area contributed by atoms with Gasteiger partial charge in [0.25, 0.3) is 0 Å². The maximum atomic E-state index is 12.2. The van der Waals surface area contributed by atoms with Crippen molar-refractivity contribution in [2.45, 2.75) is 19.4 Å². The number of nitrogens with two attached hydrogens (primary N) is 1. The predicted molar refractivity (Wildman–Crippen MR) is 81.9 cm³/mol. The van der Waals surface area contributed by atoms with Crippen molar-refractivity contribution in [1.29, 1.82) is 0 Å². The number of anilines is 1. The van der Waals surface area contributed by atoms with E-state index in [1.807, 2.05) is 31.2 Å². The molecule has 0 aliphatic carbocycles. The summed E-state index contributed by atoms with van der Waals surface area (Å²) < 4.78 is 0. The van der Waals surface area contributed by atoms with Crippen LogP contribution >= 0.6 is 0 Å². The van der Waals surface area contributed by atoms with Gasteiger partial charge in [0, 0.05) is 31.9 Å². The number of carbonyl (C=O) groups excluding carboxylic acids is 2. The molecular weight excluding hydrogens is 268 g/mol. The third kappa shape index (κ3) is 3.95. The molecular formula is C15H22N4O2. The van der Waals surface area contributed by atoms with Gasteiger partial charge in [-0.1, -0.05) is 12.1 Å². The molecule has 3 amide bonds. The Morgan fingerprint density at radius 3 is 2.57 bits per heavy atom. The minimum absolute atomic E-state index is 0.0324. The molecule has 1 fully saturated rings. The minimum atomic E-state index is -0.243. The van der Waals surface area contributed by atoms with Crippen LogP contribution in [0, 0.1) is 0 Å². The molecule has 21 heavy (non-hydrogen) atoms. The Labute approximate surface area is 124 Å². The molecule has 1 saturated heterocycles. The molecule has 0 aromatic heterocycles. The molecule has 1 atom stereocenters. The van der Waals surface area contributed by atoms with Crippen LogP contribution in [0.5, 0.6) is 0 Å². The van der Waals surface area contributed by atoms with Gasteiger partial charge >= 0.3 is 6.03 Å². The molecule has 0 spiro atoms. The van der Waals surface area contributed by atoms with E-state index in [9.17, 15) is 9.59 Å². The average Bonchev–Trinajstić information content (AvgIpc) is 2.62. The zero-order chi connectivity index (χ0) is 15.4. The van der Waals surface area contributed by atoms with E-state index in [2.05, 4.69) is 5.32 Å². The van der Waals surface area contributed by atoms with Crippen molar-refractivity contribution in [3.05, 3.63) is 29.8 Å². The Bertz CT molecular complexity index is 513. The van der Waals surface area contributed by atoms with Crippen molar-refractivity contribution < 1.29 is 9.59 Å². The molecule has 0 radical (unpaired) electrons. The summed E-state index contributed by atoms with van der Waals surface area (Å²) in [5, 5.41) is 2.82. The van der Waals surface area contributed by atoms with E-state index in [4.69, 9.17) is 5.73 Å². The topological polar surface area (TPSA) is 78.7 Å². The molecule has 1 unspecified atom stereocenters. The Hall–Kier alpha value is -2.08. The first-order chi connectivity index (χ1) is 9.97. The third-order valence-corrected chi connectivity index (χ3v) is 3.65. The van der Waals surface area contributed by atoms with Crippen molar-refractivity contribution in [3.63, 3.8) is 0 Å². The third-order valence-electron chi connectivity index (χ3n) is 3.65. The number of hydrogen-bond donors (Lipinski definition) is 2. The second kappa shape index (κ2) is 6.58. The van der Waals surface area contributed by atoms with Gasteiger partial charge in [-0.05, 0) is 31.0 Å². The molecule has 1 aromatic carbocycles. The van der Waals surface area contributed by atoms with Crippen LogP contribution in [-0.4, -0.2) is 48.4 Å². The van der Waals surface area contributed by atoms with Crippen LogP contribution in [0.2, 0.25) is 0 Å². The lowest BCUT2D eigenvalue weighted by atomic mass is 10.1. The normalized spacial score (nSPS) is 17.4. The quantitative estimate of drug-likeness (QED) is 0.864. The number of amides is 3. The Balaban J connectivity index is 1.98. The van der Waals surface area contributed by atoms with Crippen molar-refractivity contribution in [1.82, 2.24) is 9.80 Å². The highest BCUT2D eigenvalue weighted by atomic mass is 16.2. The van der Waals surface area contributed by atoms with Gasteiger partial charge in [-0.25, -0.2) is 4.79 Å². The van der Waals surface area contributed by atoms with Crippen LogP contribution in [0.3, 0.4) is 0 Å². The lowest BCUT2D eigenvalue weighted by Crippen LogP contribution is -2.40. The average molecular weight is 290 g/mol. The molecule has 2 rings (SSSR count). The molecule has 0 saturated carbocycles. The number of benzene rings is 1. The number of hydrogen-bond acceptors (Lipinski definition) is 3. The molecule has 1 aliphatic heterocycles. The van der Waals surface area contributed by atoms with Crippen LogP contribution in [0.15, 0.2) is 24.3 Å². The molecule has 6 nitrogen and oxygen atoms in total. The van der Waals surface area contributed by atoms with E-state index < -0.39 is 0 Å². The first-order valence-corrected chi connectivity index (χ1v) is 7.13. The summed E-state index contributed by atoms with van der Waals surface area (Å²) in [5.41, 5.74) is 7.51. The smallest absolute Gasteiger partial charge is 0.322 e. The van der Waals surface area contributed by atoms with Crippen molar-refractivity contribution in [2.24, 2.45) is 5.73 Å². The van der Waals surface area contributed by atoms with Gasteiger partial charge < -0.3 is 20.9 Å². The number of urea groups is 1. The van der Waals surface area contributed by atoms with Crippen molar-refractivity contribution >= 4 is 17.6 Å². The maximum absolute atomic E-state index is 12.2. The van der Waals surface area contributed by atoms with Crippen LogP contribution in [-0.2, 0) is 4.79 Å². The minimum Gasteiger partial charge on any atom is -0.344 e. The van der Waals surface area contributed by atoms with E-state index in [1.165, 1.54) is 0 Å². The summed E-state index contributed by atoms with van der Waals surface area (Å²) in [5.74, 6) is -0.0324. The summed E-state index contributed by atoms with van der Waals surface area (Å²) in [6.45, 7) is 3.30. The Kier molecular flexibility index (Phi) is 4.80. The number of carbonyl (C=O) groups is 2. The Morgan fingerprint density at radius 1 is 1.29 bits per heavy atom. The van der Waals surface area contributed by atoms with Crippen LogP contribution in [0.25, 0.3) is 0 Å². The predicted octanol–water partition coefficient (Wildman–Crippen LogP) is 1.40. The Morgan fingerprint density at radius 2 is 1.95 bits per heavy atom. The fourth-order valence-corrected chi connectivity index (χ4v) is 2.23. The highest BCUT2D eigenvalue weighted by molar-refractivity contribution is 5.92. The maximum Gasteiger partial charge on any atom is 0.322 e. The number of likely N-dealkylation sites (N-methyl/N-ethyl adjacent to an activating group) is 1. The number of nitrogens with one attached hydrogen (secondary N) is 1. The first-order valence-electron chi connectivity index (χ1n) is 7.13. The molecule has 114 valence electrons. The first kappa shape index (κ1) is 15.3. The lowest BCUT2D eigenvalue weighted by Gasteiger charge is -2.20. The van der Waals surface area contributed by atoms with Crippen LogP contribution in [0.4, 0.5) is 10.5 Å². The number of rotatable bonds is 2. The van der Waals surface area contributed by atoms with Gasteiger partial charge in [0.15, 0.2) is 0 Å². The summed E-state index contributed by atoms with van der Waals surface area (Å²) in [7, 11) is 1.76. The van der Waals surface area contributed by atoms with E-state index in [0.717, 1.165) is 12.0 Å². The SMILES string of the molecule is CC(N)c1ccc(NC(=O)N2CCCN(C)C(=O)C2)cc1. The van der Waals surface area contributed by atoms with Gasteiger partial charge in [0.1, 0.15) is 6.54 Å². The van der Waals surface area contributed by atoms with E-state index in [0.29, 0.717) is 18.8 Å². The van der Waals surface area contributed by atoms with Gasteiger partial charge in [-0.3, -0.25) is 4.79 Å². The second-order valence-electron chi connectivity index (χ2n) is 5.43. The second-order valence-corrected chi connectivity index (χ2v) is 5.43. The highest BCUT2D eigenvalue weighted by Crippen LogP contribution is 2.15. The monoisotopic (exact) mass is 290 g/mol. The summed E-state index contributed by atoms with van der Waals surface area (Å²) in [6, 6.07) is 7.15. The fraction of sp³-hybridized carbons (Fsp3) is 0.467. The highest BCUT2D eigenvalue weighted by Gasteiger charge is 2.22. The number of nitrogens with zero attached hydrogens (tertiary/aromatic N) is 2. The molecule has 6 heteroatoms.